The summed E-state index contributed by atoms with van der Waals surface area (Å²) in [5.41, 5.74) is 0.298. The van der Waals surface area contributed by atoms with E-state index >= 15 is 0 Å². The molecule has 3 rings (SSSR count). The second-order valence-electron chi connectivity index (χ2n) is 5.75. The lowest BCUT2D eigenvalue weighted by Gasteiger charge is -2.14. The van der Waals surface area contributed by atoms with Gasteiger partial charge in [0.25, 0.3) is 30.4 Å². The lowest BCUT2D eigenvalue weighted by atomic mass is 10.0. The average Bonchev–Trinajstić information content (AvgIpc) is 2.57. The third-order valence-corrected chi connectivity index (χ3v) is 6.62. The highest BCUT2D eigenvalue weighted by Crippen LogP contribution is 2.37. The van der Waals surface area contributed by atoms with E-state index in [1.54, 1.807) is 18.2 Å². The van der Waals surface area contributed by atoms with Gasteiger partial charge in [0.15, 0.2) is 0 Å². The zero-order valence-corrected chi connectivity index (χ0v) is 16.2. The van der Waals surface area contributed by atoms with Crippen LogP contribution in [0.3, 0.4) is 0 Å². The second-order valence-corrected chi connectivity index (χ2v) is 9.92. The molecule has 0 spiro atoms. The molecule has 9 nitrogen and oxygen atoms in total. The largest absolute Gasteiger partial charge is 0.295 e. The van der Waals surface area contributed by atoms with Gasteiger partial charge in [0, 0.05) is 16.3 Å². The van der Waals surface area contributed by atoms with E-state index in [0.29, 0.717) is 17.7 Å². The first kappa shape index (κ1) is 20.4. The number of hydrogen-bond acceptors (Lipinski definition) is 6. The van der Waals surface area contributed by atoms with E-state index in [1.165, 1.54) is 18.2 Å². The first-order valence-electron chi connectivity index (χ1n) is 7.39. The predicted molar refractivity (Wildman–Crippen MR) is 98.8 cm³/mol. The number of rotatable bonds is 4. The monoisotopic (exact) mass is 444 g/mol. The maximum Gasteiger partial charge on any atom is 0.295 e. The molecule has 148 valence electrons. The van der Waals surface area contributed by atoms with Crippen LogP contribution in [0, 0.1) is 0 Å². The number of hydrogen-bond donors (Lipinski definition) is 3. The summed E-state index contributed by atoms with van der Waals surface area (Å²) in [5, 5.41) is -0.867. The van der Waals surface area contributed by atoms with Gasteiger partial charge in [-0.1, -0.05) is 42.5 Å². The van der Waals surface area contributed by atoms with Gasteiger partial charge in [0.2, 0.25) is 0 Å². The van der Waals surface area contributed by atoms with E-state index < -0.39 is 50.4 Å². The summed E-state index contributed by atoms with van der Waals surface area (Å²) in [5.74, 6) is 0. The standard InChI is InChI=1S/C16H12O9S3/c17-26(18,19)11-8-14-13(15(9-11)27(20,21)22)7-6-12(16(14)28(23,24)25)10-4-2-1-3-5-10/h1-9H,(H,17,18,19)(H,20,21,22)(H,23,24,25). The molecule has 28 heavy (non-hydrogen) atoms. The van der Waals surface area contributed by atoms with Crippen molar-refractivity contribution in [2.24, 2.45) is 0 Å². The molecule has 3 aromatic rings. The molecule has 0 aromatic heterocycles. The third kappa shape index (κ3) is 3.78. The predicted octanol–water partition coefficient (Wildman–Crippen LogP) is 2.25. The van der Waals surface area contributed by atoms with E-state index in [0.717, 1.165) is 6.07 Å². The van der Waals surface area contributed by atoms with Gasteiger partial charge >= 0.3 is 0 Å². The molecule has 0 amide bonds. The molecule has 3 N–H and O–H groups in total. The molecule has 0 bridgehead atoms. The summed E-state index contributed by atoms with van der Waals surface area (Å²) in [6, 6.07) is 11.4. The fourth-order valence-corrected chi connectivity index (χ4v) is 5.08. The molecule has 0 heterocycles. The maximum atomic E-state index is 12.1. The summed E-state index contributed by atoms with van der Waals surface area (Å²) in [4.78, 5) is -2.68. The minimum Gasteiger partial charge on any atom is -0.282 e. The van der Waals surface area contributed by atoms with Crippen LogP contribution >= 0.6 is 0 Å². The van der Waals surface area contributed by atoms with Crippen molar-refractivity contribution in [1.82, 2.24) is 0 Å². The number of benzene rings is 3. The Labute approximate surface area is 160 Å². The van der Waals surface area contributed by atoms with Crippen molar-refractivity contribution in [2.75, 3.05) is 0 Å². The molecule has 0 fully saturated rings. The Balaban J connectivity index is 2.63. The normalized spacial score (nSPS) is 13.0. The van der Waals surface area contributed by atoms with Gasteiger partial charge < -0.3 is 0 Å². The minimum atomic E-state index is -5.00. The zero-order valence-electron chi connectivity index (χ0n) is 13.7. The van der Waals surface area contributed by atoms with Crippen LogP contribution in [0.25, 0.3) is 21.9 Å². The van der Waals surface area contributed by atoms with Crippen LogP contribution in [-0.2, 0) is 30.4 Å². The highest BCUT2D eigenvalue weighted by molar-refractivity contribution is 7.87. The highest BCUT2D eigenvalue weighted by atomic mass is 32.2. The summed E-state index contributed by atoms with van der Waals surface area (Å²) in [7, 11) is -15.0. The zero-order chi connectivity index (χ0) is 20.9. The SMILES string of the molecule is O=S(=O)(O)c1cc(S(=O)(=O)O)c2ccc(-c3ccccc3)c(S(=O)(=O)O)c2c1. The summed E-state index contributed by atoms with van der Waals surface area (Å²) >= 11 is 0. The Morgan fingerprint density at radius 2 is 1.21 bits per heavy atom. The van der Waals surface area contributed by atoms with Crippen molar-refractivity contribution in [3.05, 3.63) is 54.6 Å². The van der Waals surface area contributed by atoms with Crippen molar-refractivity contribution in [2.45, 2.75) is 14.7 Å². The lowest BCUT2D eigenvalue weighted by molar-refractivity contribution is 0.478. The minimum absolute atomic E-state index is 0.0376. The van der Waals surface area contributed by atoms with Crippen LogP contribution < -0.4 is 0 Å². The molecule has 0 aliphatic carbocycles. The highest BCUT2D eigenvalue weighted by Gasteiger charge is 2.27. The second kappa shape index (κ2) is 6.62. The topological polar surface area (TPSA) is 163 Å². The molecule has 0 aliphatic heterocycles. The Kier molecular flexibility index (Phi) is 4.82. The van der Waals surface area contributed by atoms with Crippen molar-refractivity contribution >= 4 is 41.1 Å². The fraction of sp³-hybridized carbons (Fsp3) is 0. The maximum absolute atomic E-state index is 12.1. The van der Waals surface area contributed by atoms with Crippen molar-refractivity contribution in [3.63, 3.8) is 0 Å². The van der Waals surface area contributed by atoms with E-state index in [-0.39, 0.29) is 10.9 Å². The van der Waals surface area contributed by atoms with E-state index in [9.17, 15) is 38.9 Å². The molecule has 0 aliphatic rings. The van der Waals surface area contributed by atoms with E-state index in [2.05, 4.69) is 0 Å². The molecule has 0 radical (unpaired) electrons. The van der Waals surface area contributed by atoms with Crippen LogP contribution in [0.15, 0.2) is 69.3 Å². The van der Waals surface area contributed by atoms with Crippen LogP contribution in [0.5, 0.6) is 0 Å². The molecule has 0 unspecified atom stereocenters. The summed E-state index contributed by atoms with van der Waals surface area (Å²) in [6.07, 6.45) is 0. The summed E-state index contributed by atoms with van der Waals surface area (Å²) < 4.78 is 99.2. The average molecular weight is 444 g/mol. The first-order chi connectivity index (χ1) is 12.8. The van der Waals surface area contributed by atoms with Crippen LogP contribution in [-0.4, -0.2) is 38.9 Å². The Morgan fingerprint density at radius 1 is 0.607 bits per heavy atom. The molecule has 0 saturated carbocycles. The van der Waals surface area contributed by atoms with E-state index in [4.69, 9.17) is 0 Å². The molecular weight excluding hydrogens is 432 g/mol. The molecule has 12 heteroatoms. The third-order valence-electron chi connectivity index (χ3n) is 3.94. The van der Waals surface area contributed by atoms with Gasteiger partial charge in [-0.2, -0.15) is 25.3 Å². The fourth-order valence-electron chi connectivity index (χ4n) is 2.83. The Bertz CT molecular complexity index is 1410. The quantitative estimate of drug-likeness (QED) is 0.512. The lowest BCUT2D eigenvalue weighted by Crippen LogP contribution is -2.08. The smallest absolute Gasteiger partial charge is 0.282 e. The van der Waals surface area contributed by atoms with Gasteiger partial charge in [-0.05, 0) is 17.7 Å². The van der Waals surface area contributed by atoms with Crippen molar-refractivity contribution in [3.8, 4) is 11.1 Å². The number of fused-ring (bicyclic) bond motifs is 1. The van der Waals surface area contributed by atoms with Crippen LogP contribution in [0.1, 0.15) is 0 Å². The van der Waals surface area contributed by atoms with Crippen molar-refractivity contribution in [1.29, 1.82) is 0 Å². The molecule has 3 aromatic carbocycles. The summed E-state index contributed by atoms with van der Waals surface area (Å²) in [6.45, 7) is 0. The first-order valence-corrected chi connectivity index (χ1v) is 11.7. The molecular formula is C16H12O9S3. The Morgan fingerprint density at radius 3 is 1.71 bits per heavy atom. The van der Waals surface area contributed by atoms with Crippen LogP contribution in [0.4, 0.5) is 0 Å². The van der Waals surface area contributed by atoms with Gasteiger partial charge in [-0.25, -0.2) is 0 Å². The Hall–Kier alpha value is -2.35. The van der Waals surface area contributed by atoms with E-state index in [1.807, 2.05) is 0 Å². The molecule has 0 atom stereocenters. The van der Waals surface area contributed by atoms with Gasteiger partial charge in [-0.3, -0.25) is 13.7 Å². The van der Waals surface area contributed by atoms with Crippen LogP contribution in [0.2, 0.25) is 0 Å². The van der Waals surface area contributed by atoms with Gasteiger partial charge in [0.05, 0.1) is 4.90 Å². The molecule has 0 saturated heterocycles. The van der Waals surface area contributed by atoms with Gasteiger partial charge in [-0.15, -0.1) is 0 Å². The van der Waals surface area contributed by atoms with Gasteiger partial charge in [0.1, 0.15) is 9.79 Å². The van der Waals surface area contributed by atoms with Crippen molar-refractivity contribution < 1.29 is 38.9 Å².